The van der Waals surface area contributed by atoms with Crippen LogP contribution in [-0.2, 0) is 4.79 Å². The molecule has 1 unspecified atom stereocenters. The zero-order valence-corrected chi connectivity index (χ0v) is 16.9. The van der Waals surface area contributed by atoms with Gasteiger partial charge < -0.3 is 15.4 Å². The minimum Gasteiger partial charge on any atom is -0.494 e. The molecule has 0 spiro atoms. The summed E-state index contributed by atoms with van der Waals surface area (Å²) >= 11 is 0. The molecule has 1 aliphatic rings. The van der Waals surface area contributed by atoms with Gasteiger partial charge in [0, 0.05) is 17.0 Å². The van der Waals surface area contributed by atoms with E-state index in [1.165, 1.54) is 0 Å². The van der Waals surface area contributed by atoms with Crippen molar-refractivity contribution in [3.63, 3.8) is 0 Å². The van der Waals surface area contributed by atoms with Crippen molar-refractivity contribution in [2.24, 2.45) is 0 Å². The van der Waals surface area contributed by atoms with Crippen molar-refractivity contribution >= 4 is 5.78 Å². The molecule has 1 aliphatic heterocycles. The molecule has 5 nitrogen and oxygen atoms in total. The van der Waals surface area contributed by atoms with Crippen molar-refractivity contribution in [1.82, 2.24) is 10.6 Å². The van der Waals surface area contributed by atoms with E-state index in [0.717, 1.165) is 47.8 Å². The maximum absolute atomic E-state index is 12.3. The van der Waals surface area contributed by atoms with Gasteiger partial charge in [0.05, 0.1) is 24.2 Å². The number of hydrogen-bond acceptors (Lipinski definition) is 5. The van der Waals surface area contributed by atoms with Crippen LogP contribution in [0.1, 0.15) is 51.2 Å². The van der Waals surface area contributed by atoms with Gasteiger partial charge in [0.25, 0.3) is 0 Å². The van der Waals surface area contributed by atoms with Crippen molar-refractivity contribution in [1.29, 1.82) is 5.26 Å². The summed E-state index contributed by atoms with van der Waals surface area (Å²) in [6.45, 7) is 12.0. The number of ether oxygens (including phenoxy) is 1. The van der Waals surface area contributed by atoms with Crippen molar-refractivity contribution in [3.05, 3.63) is 51.9 Å². The van der Waals surface area contributed by atoms with Crippen molar-refractivity contribution in [2.75, 3.05) is 19.7 Å². The van der Waals surface area contributed by atoms with Crippen LogP contribution < -0.4 is 15.4 Å². The summed E-state index contributed by atoms with van der Waals surface area (Å²) in [5, 5.41) is 16.1. The number of aryl methyl sites for hydroxylation is 1. The molecule has 0 radical (unpaired) electrons. The highest BCUT2D eigenvalue weighted by molar-refractivity contribution is 5.97. The van der Waals surface area contributed by atoms with E-state index in [-0.39, 0.29) is 11.7 Å². The molecule has 5 heteroatoms. The minimum absolute atomic E-state index is 0.0200. The number of Topliss-reactive ketones (excluding diaryl/α,β-unsaturated/α-hetero) is 1. The molecule has 1 atom stereocenters. The van der Waals surface area contributed by atoms with Crippen molar-refractivity contribution in [2.45, 2.75) is 47.0 Å². The molecule has 0 saturated heterocycles. The van der Waals surface area contributed by atoms with E-state index in [9.17, 15) is 10.1 Å². The Balaban J connectivity index is 2.30. The van der Waals surface area contributed by atoms with Gasteiger partial charge in [0.2, 0.25) is 0 Å². The topological polar surface area (TPSA) is 74.2 Å². The van der Waals surface area contributed by atoms with Crippen LogP contribution in [0.5, 0.6) is 5.75 Å². The molecule has 2 N–H and O–H groups in total. The Morgan fingerprint density at radius 2 is 2.04 bits per heavy atom. The van der Waals surface area contributed by atoms with Crippen molar-refractivity contribution < 1.29 is 9.53 Å². The summed E-state index contributed by atoms with van der Waals surface area (Å²) in [7, 11) is 0. The van der Waals surface area contributed by atoms with E-state index < -0.39 is 0 Å². The van der Waals surface area contributed by atoms with Gasteiger partial charge in [-0.25, -0.2) is 0 Å². The molecule has 0 saturated carbocycles. The van der Waals surface area contributed by atoms with E-state index >= 15 is 0 Å². The van der Waals surface area contributed by atoms with Gasteiger partial charge in [-0.2, -0.15) is 5.26 Å². The largest absolute Gasteiger partial charge is 0.494 e. The van der Waals surface area contributed by atoms with Crippen LogP contribution in [0.15, 0.2) is 40.7 Å². The number of nitrogens with one attached hydrogen (secondary N) is 2. The average Bonchev–Trinajstić information content (AvgIpc) is 2.61. The Labute approximate surface area is 162 Å². The second-order valence-corrected chi connectivity index (χ2v) is 6.88. The normalized spacial score (nSPS) is 16.8. The fraction of sp³-hybridized carbons (Fsp3) is 0.455. The molecule has 0 amide bonds. The number of allylic oxidation sites excluding steroid dienone is 4. The number of nitriles is 1. The summed E-state index contributed by atoms with van der Waals surface area (Å²) in [5.74, 6) is 0.455. The van der Waals surface area contributed by atoms with Crippen LogP contribution in [-0.4, -0.2) is 25.5 Å². The van der Waals surface area contributed by atoms with Gasteiger partial charge in [-0.3, -0.25) is 4.79 Å². The average molecular weight is 367 g/mol. The lowest BCUT2D eigenvalue weighted by molar-refractivity contribution is -0.113. The van der Waals surface area contributed by atoms with Gasteiger partial charge in [-0.15, -0.1) is 0 Å². The third-order valence-corrected chi connectivity index (χ3v) is 4.83. The van der Waals surface area contributed by atoms with E-state index in [0.29, 0.717) is 17.8 Å². The lowest BCUT2D eigenvalue weighted by Gasteiger charge is -2.29. The highest BCUT2D eigenvalue weighted by atomic mass is 16.5. The van der Waals surface area contributed by atoms with E-state index in [1.54, 1.807) is 6.92 Å². The van der Waals surface area contributed by atoms with Crippen molar-refractivity contribution in [3.8, 4) is 11.8 Å². The quantitative estimate of drug-likeness (QED) is 0.685. The molecule has 1 aromatic rings. The molecule has 1 heterocycles. The van der Waals surface area contributed by atoms with E-state index in [2.05, 4.69) is 23.6 Å². The first kappa shape index (κ1) is 20.7. The van der Waals surface area contributed by atoms with E-state index in [4.69, 9.17) is 4.74 Å². The highest BCUT2D eigenvalue weighted by Gasteiger charge is 2.32. The molecular formula is C22H29N3O2. The minimum atomic E-state index is -0.337. The monoisotopic (exact) mass is 367 g/mol. The number of benzene rings is 1. The first-order chi connectivity index (χ1) is 12.9. The Bertz CT molecular complexity index is 815. The smallest absolute Gasteiger partial charge is 0.158 e. The van der Waals surface area contributed by atoms with Crippen LogP contribution in [0.3, 0.4) is 0 Å². The highest BCUT2D eigenvalue weighted by Crippen LogP contribution is 2.40. The Morgan fingerprint density at radius 3 is 2.63 bits per heavy atom. The SMILES string of the molecule is CCNCCCOc1ccc(C2C(C#N)=C(C)NC(C)=C2C(C)=O)c(C)c1. The second-order valence-electron chi connectivity index (χ2n) is 6.88. The number of nitrogens with zero attached hydrogens (tertiary/aromatic N) is 1. The van der Waals surface area contributed by atoms with Crippen LogP contribution in [0.25, 0.3) is 0 Å². The number of carbonyl (C=O) groups excluding carboxylic acids is 1. The maximum Gasteiger partial charge on any atom is 0.158 e. The molecule has 0 bridgehead atoms. The third-order valence-electron chi connectivity index (χ3n) is 4.83. The zero-order chi connectivity index (χ0) is 20.0. The number of hydrogen-bond donors (Lipinski definition) is 2. The molecule has 0 fully saturated rings. The predicted molar refractivity (Wildman–Crippen MR) is 107 cm³/mol. The van der Waals surface area contributed by atoms with E-state index in [1.807, 2.05) is 39.0 Å². The first-order valence-electron chi connectivity index (χ1n) is 9.44. The summed E-state index contributed by atoms with van der Waals surface area (Å²) in [6, 6.07) is 8.19. The van der Waals surface area contributed by atoms with Crippen LogP contribution in [0, 0.1) is 18.3 Å². The van der Waals surface area contributed by atoms with Gasteiger partial charge in [0.15, 0.2) is 5.78 Å². The standard InChI is InChI=1S/C22H29N3O2/c1-6-24-10-7-11-27-18-8-9-19(14(2)12-18)22-20(13-23)15(3)25-16(4)21(22)17(5)26/h8-9,12,22,24-25H,6-7,10-11H2,1-5H3. The number of rotatable bonds is 8. The molecular weight excluding hydrogens is 338 g/mol. The zero-order valence-electron chi connectivity index (χ0n) is 16.9. The van der Waals surface area contributed by atoms with Crippen LogP contribution in [0.4, 0.5) is 0 Å². The third kappa shape index (κ3) is 4.78. The number of dihydropyridines is 1. The summed E-state index contributed by atoms with van der Waals surface area (Å²) in [5.41, 5.74) is 4.84. The summed E-state index contributed by atoms with van der Waals surface area (Å²) < 4.78 is 5.84. The lowest BCUT2D eigenvalue weighted by atomic mass is 9.78. The fourth-order valence-electron chi connectivity index (χ4n) is 3.55. The van der Waals surface area contributed by atoms with Gasteiger partial charge in [-0.1, -0.05) is 13.0 Å². The molecule has 0 aliphatic carbocycles. The maximum atomic E-state index is 12.3. The fourth-order valence-corrected chi connectivity index (χ4v) is 3.55. The molecule has 27 heavy (non-hydrogen) atoms. The Hall–Kier alpha value is -2.58. The van der Waals surface area contributed by atoms with Crippen LogP contribution >= 0.6 is 0 Å². The van der Waals surface area contributed by atoms with Crippen LogP contribution in [0.2, 0.25) is 0 Å². The lowest BCUT2D eigenvalue weighted by Crippen LogP contribution is -2.27. The van der Waals surface area contributed by atoms with Gasteiger partial charge in [0.1, 0.15) is 5.75 Å². The van der Waals surface area contributed by atoms with Gasteiger partial charge >= 0.3 is 0 Å². The Kier molecular flexibility index (Phi) is 7.20. The molecule has 1 aromatic carbocycles. The van der Waals surface area contributed by atoms with Gasteiger partial charge in [-0.05, 0) is 70.5 Å². The Morgan fingerprint density at radius 1 is 1.30 bits per heavy atom. The summed E-state index contributed by atoms with van der Waals surface area (Å²) in [4.78, 5) is 12.3. The molecule has 2 rings (SSSR count). The predicted octanol–water partition coefficient (Wildman–Crippen LogP) is 3.72. The summed E-state index contributed by atoms with van der Waals surface area (Å²) in [6.07, 6.45) is 0.944. The first-order valence-corrected chi connectivity index (χ1v) is 9.44. The second kappa shape index (κ2) is 9.38. The number of ketones is 1. The number of carbonyl (C=O) groups is 1. The molecule has 144 valence electrons. The molecule has 0 aromatic heterocycles.